The van der Waals surface area contributed by atoms with E-state index in [1.54, 1.807) is 19.1 Å². The second kappa shape index (κ2) is 7.44. The van der Waals surface area contributed by atoms with Gasteiger partial charge in [0.25, 0.3) is 11.6 Å². The van der Waals surface area contributed by atoms with E-state index in [-0.39, 0.29) is 23.1 Å². The molecule has 9 nitrogen and oxygen atoms in total. The number of nitro groups is 1. The number of hydrogen-bond donors (Lipinski definition) is 2. The van der Waals surface area contributed by atoms with Crippen LogP contribution in [-0.4, -0.2) is 39.7 Å². The minimum Gasteiger partial charge on any atom is -0.347 e. The number of aryl methyl sites for hydroxylation is 1. The molecule has 0 unspecified atom stereocenters. The Morgan fingerprint density at radius 3 is 2.88 bits per heavy atom. The summed E-state index contributed by atoms with van der Waals surface area (Å²) >= 11 is 0. The zero-order chi connectivity index (χ0) is 18.7. The Labute approximate surface area is 149 Å². The van der Waals surface area contributed by atoms with Gasteiger partial charge >= 0.3 is 0 Å². The fourth-order valence-electron chi connectivity index (χ4n) is 2.97. The highest BCUT2D eigenvalue weighted by molar-refractivity contribution is 5.92. The van der Waals surface area contributed by atoms with Gasteiger partial charge in [-0.25, -0.2) is 4.68 Å². The van der Waals surface area contributed by atoms with Crippen LogP contribution in [0.5, 0.6) is 0 Å². The van der Waals surface area contributed by atoms with Crippen LogP contribution in [0.3, 0.4) is 0 Å². The molecule has 136 valence electrons. The first-order valence-corrected chi connectivity index (χ1v) is 8.33. The number of para-hydroxylation sites is 2. The number of nitrogens with one attached hydrogen (secondary N) is 2. The Bertz CT molecular complexity index is 902. The van der Waals surface area contributed by atoms with Crippen molar-refractivity contribution < 1.29 is 9.72 Å². The summed E-state index contributed by atoms with van der Waals surface area (Å²) in [6, 6.07) is 7.24. The lowest BCUT2D eigenvalue weighted by Crippen LogP contribution is -2.47. The summed E-state index contributed by atoms with van der Waals surface area (Å²) in [7, 11) is 0. The van der Waals surface area contributed by atoms with Gasteiger partial charge in [-0.1, -0.05) is 12.1 Å². The number of aromatic nitrogens is 2. The molecule has 0 saturated carbocycles. The summed E-state index contributed by atoms with van der Waals surface area (Å²) in [6.07, 6.45) is 1.76. The monoisotopic (exact) mass is 357 g/mol. The Morgan fingerprint density at radius 2 is 2.19 bits per heavy atom. The third-order valence-electron chi connectivity index (χ3n) is 4.26. The van der Waals surface area contributed by atoms with E-state index in [0.29, 0.717) is 12.2 Å². The first-order valence-electron chi connectivity index (χ1n) is 8.33. The fourth-order valence-corrected chi connectivity index (χ4v) is 2.97. The third-order valence-corrected chi connectivity index (χ3v) is 4.26. The second-order valence-electron chi connectivity index (χ2n) is 6.17. The second-order valence-corrected chi connectivity index (χ2v) is 6.17. The summed E-state index contributed by atoms with van der Waals surface area (Å²) in [5.74, 6) is -0.573. The SMILES string of the molecule is Cc1cc(=O)c(C(=O)N[C@H]2CCCNC2)nn1-c1ccccc1[N+](=O)[O-]. The van der Waals surface area contributed by atoms with Crippen molar-refractivity contribution in [3.8, 4) is 5.69 Å². The van der Waals surface area contributed by atoms with Crippen molar-refractivity contribution >= 4 is 11.6 Å². The molecular weight excluding hydrogens is 338 g/mol. The quantitative estimate of drug-likeness (QED) is 0.621. The maximum absolute atomic E-state index is 12.5. The van der Waals surface area contributed by atoms with E-state index in [0.717, 1.165) is 19.4 Å². The molecule has 9 heteroatoms. The number of carbonyl (C=O) groups is 1. The van der Waals surface area contributed by atoms with Crippen LogP contribution in [-0.2, 0) is 0 Å². The van der Waals surface area contributed by atoms with Gasteiger partial charge in [-0.3, -0.25) is 19.7 Å². The summed E-state index contributed by atoms with van der Waals surface area (Å²) in [5, 5.41) is 21.4. The van der Waals surface area contributed by atoms with Gasteiger partial charge < -0.3 is 10.6 Å². The molecule has 1 atom stereocenters. The first-order chi connectivity index (χ1) is 12.5. The van der Waals surface area contributed by atoms with Gasteiger partial charge in [0.05, 0.1) is 4.92 Å². The highest BCUT2D eigenvalue weighted by Gasteiger charge is 2.22. The number of hydrogen-bond acceptors (Lipinski definition) is 6. The van der Waals surface area contributed by atoms with Crippen molar-refractivity contribution in [2.75, 3.05) is 13.1 Å². The van der Waals surface area contributed by atoms with E-state index < -0.39 is 16.3 Å². The molecule has 1 aliphatic rings. The van der Waals surface area contributed by atoms with Crippen LogP contribution in [0.25, 0.3) is 5.69 Å². The predicted molar refractivity (Wildman–Crippen MR) is 94.6 cm³/mol. The molecule has 26 heavy (non-hydrogen) atoms. The average molecular weight is 357 g/mol. The minimum atomic E-state index is -0.573. The lowest BCUT2D eigenvalue weighted by Gasteiger charge is -2.23. The molecule has 1 saturated heterocycles. The van der Waals surface area contributed by atoms with Crippen LogP contribution in [0.4, 0.5) is 5.69 Å². The number of carbonyl (C=O) groups excluding carboxylic acids is 1. The maximum atomic E-state index is 12.5. The van der Waals surface area contributed by atoms with Crippen molar-refractivity contribution in [1.29, 1.82) is 0 Å². The lowest BCUT2D eigenvalue weighted by molar-refractivity contribution is -0.384. The Kier molecular flexibility index (Phi) is 5.08. The van der Waals surface area contributed by atoms with Gasteiger partial charge in [0.2, 0.25) is 5.43 Å². The van der Waals surface area contributed by atoms with Crippen LogP contribution in [0.15, 0.2) is 35.1 Å². The zero-order valence-electron chi connectivity index (χ0n) is 14.3. The number of piperidine rings is 1. The van der Waals surface area contributed by atoms with E-state index in [1.165, 1.54) is 22.9 Å². The third kappa shape index (κ3) is 3.62. The van der Waals surface area contributed by atoms with Crippen LogP contribution in [0.2, 0.25) is 0 Å². The molecule has 1 aromatic carbocycles. The zero-order valence-corrected chi connectivity index (χ0v) is 14.3. The molecule has 1 aliphatic heterocycles. The number of nitrogens with zero attached hydrogens (tertiary/aromatic N) is 3. The molecule has 0 bridgehead atoms. The minimum absolute atomic E-state index is 0.0711. The highest BCUT2D eigenvalue weighted by Crippen LogP contribution is 2.22. The Hall–Kier alpha value is -3.07. The lowest BCUT2D eigenvalue weighted by atomic mass is 10.1. The van der Waals surface area contributed by atoms with E-state index in [2.05, 4.69) is 15.7 Å². The molecule has 0 radical (unpaired) electrons. The van der Waals surface area contributed by atoms with Crippen molar-refractivity contribution in [3.05, 3.63) is 62.1 Å². The first kappa shape index (κ1) is 17.7. The van der Waals surface area contributed by atoms with Crippen molar-refractivity contribution in [2.45, 2.75) is 25.8 Å². The Morgan fingerprint density at radius 1 is 1.42 bits per heavy atom. The van der Waals surface area contributed by atoms with E-state index in [1.807, 2.05) is 0 Å². The molecule has 2 heterocycles. The predicted octanol–water partition coefficient (Wildman–Crippen LogP) is 0.931. The number of rotatable bonds is 4. The molecular formula is C17H19N5O4. The van der Waals surface area contributed by atoms with E-state index in [4.69, 9.17) is 0 Å². The van der Waals surface area contributed by atoms with Crippen LogP contribution >= 0.6 is 0 Å². The van der Waals surface area contributed by atoms with Crippen LogP contribution in [0.1, 0.15) is 29.0 Å². The summed E-state index contributed by atoms with van der Waals surface area (Å²) in [4.78, 5) is 35.5. The molecule has 0 aliphatic carbocycles. The van der Waals surface area contributed by atoms with E-state index >= 15 is 0 Å². The topological polar surface area (TPSA) is 119 Å². The number of nitro benzene ring substituents is 1. The average Bonchev–Trinajstić information content (AvgIpc) is 2.62. The molecule has 2 N–H and O–H groups in total. The molecule has 2 aromatic rings. The molecule has 1 amide bonds. The maximum Gasteiger partial charge on any atom is 0.294 e. The summed E-state index contributed by atoms with van der Waals surface area (Å²) < 4.78 is 1.26. The normalized spacial score (nSPS) is 16.9. The Balaban J connectivity index is 1.99. The summed E-state index contributed by atoms with van der Waals surface area (Å²) in [5.41, 5.74) is -0.351. The van der Waals surface area contributed by atoms with Crippen molar-refractivity contribution in [2.24, 2.45) is 0 Å². The van der Waals surface area contributed by atoms with Crippen molar-refractivity contribution in [1.82, 2.24) is 20.4 Å². The van der Waals surface area contributed by atoms with Gasteiger partial charge in [0, 0.05) is 30.4 Å². The van der Waals surface area contributed by atoms with Gasteiger partial charge in [-0.05, 0) is 32.4 Å². The van der Waals surface area contributed by atoms with Gasteiger partial charge in [-0.15, -0.1) is 0 Å². The number of benzene rings is 1. The van der Waals surface area contributed by atoms with Gasteiger partial charge in [-0.2, -0.15) is 5.10 Å². The van der Waals surface area contributed by atoms with Crippen LogP contribution < -0.4 is 16.1 Å². The smallest absolute Gasteiger partial charge is 0.294 e. The van der Waals surface area contributed by atoms with Gasteiger partial charge in [0.15, 0.2) is 5.69 Å². The molecule has 1 aromatic heterocycles. The highest BCUT2D eigenvalue weighted by atomic mass is 16.6. The van der Waals surface area contributed by atoms with Crippen molar-refractivity contribution in [3.63, 3.8) is 0 Å². The molecule has 3 rings (SSSR count). The van der Waals surface area contributed by atoms with Crippen LogP contribution in [0, 0.1) is 17.0 Å². The van der Waals surface area contributed by atoms with Gasteiger partial charge in [0.1, 0.15) is 5.69 Å². The fraction of sp³-hybridized carbons (Fsp3) is 0.353. The van der Waals surface area contributed by atoms with E-state index in [9.17, 15) is 19.7 Å². The standard InChI is InChI=1S/C17H19N5O4/c1-11-9-15(23)16(17(24)19-12-5-4-8-18-10-12)20-21(11)13-6-2-3-7-14(13)22(25)26/h2-3,6-7,9,12,18H,4-5,8,10H2,1H3,(H,19,24)/t12-/m0/s1. The summed E-state index contributed by atoms with van der Waals surface area (Å²) in [6.45, 7) is 3.15. The molecule has 0 spiro atoms. The number of amides is 1. The molecule has 1 fully saturated rings. The largest absolute Gasteiger partial charge is 0.347 e.